The molecule has 1 fully saturated rings. The Morgan fingerprint density at radius 2 is 1.87 bits per heavy atom. The molecule has 120 valence electrons. The van der Waals surface area contributed by atoms with Crippen LogP contribution >= 0.6 is 11.6 Å². The van der Waals surface area contributed by atoms with Crippen molar-refractivity contribution in [2.24, 2.45) is 0 Å². The van der Waals surface area contributed by atoms with Crippen molar-refractivity contribution in [2.45, 2.75) is 24.6 Å². The van der Waals surface area contributed by atoms with Gasteiger partial charge in [-0.05, 0) is 37.1 Å². The lowest BCUT2D eigenvalue weighted by Crippen LogP contribution is -2.30. The Hall–Kier alpha value is -1.79. The molecule has 23 heavy (non-hydrogen) atoms. The summed E-state index contributed by atoms with van der Waals surface area (Å²) in [5, 5.41) is 3.49. The lowest BCUT2D eigenvalue weighted by Gasteiger charge is -2.05. The fourth-order valence-electron chi connectivity index (χ4n) is 2.06. The molecule has 1 saturated carbocycles. The smallest absolute Gasteiger partial charge is 0.232 e. The summed E-state index contributed by atoms with van der Waals surface area (Å²) in [5.74, 6) is 0.737. The van der Waals surface area contributed by atoms with Gasteiger partial charge in [0.25, 0.3) is 0 Å². The minimum atomic E-state index is -1.25. The number of carbonyl (C=O) groups excluding carboxylic acids is 1. The van der Waals surface area contributed by atoms with Gasteiger partial charge in [0.05, 0.1) is 5.75 Å². The number of benzene rings is 1. The molecule has 2 aromatic rings. The number of amides is 1. The SMILES string of the molecule is O=C(C[S@@](=O)Cc1cnc(-c2ccc(Cl)cc2)nc1)NC1CC1. The van der Waals surface area contributed by atoms with E-state index in [-0.39, 0.29) is 17.4 Å². The topological polar surface area (TPSA) is 72.0 Å². The van der Waals surface area contributed by atoms with E-state index in [0.29, 0.717) is 16.9 Å². The van der Waals surface area contributed by atoms with Crippen molar-refractivity contribution in [2.75, 3.05) is 5.75 Å². The third-order valence-corrected chi connectivity index (χ3v) is 4.86. The van der Waals surface area contributed by atoms with Gasteiger partial charge in [0.1, 0.15) is 5.75 Å². The molecular weight excluding hydrogens is 334 g/mol. The molecule has 5 nitrogen and oxygen atoms in total. The van der Waals surface area contributed by atoms with Gasteiger partial charge in [0.2, 0.25) is 5.91 Å². The molecule has 1 heterocycles. The van der Waals surface area contributed by atoms with Crippen LogP contribution in [0.3, 0.4) is 0 Å². The average molecular weight is 350 g/mol. The molecule has 0 bridgehead atoms. The monoisotopic (exact) mass is 349 g/mol. The molecule has 1 amide bonds. The molecule has 7 heteroatoms. The summed E-state index contributed by atoms with van der Waals surface area (Å²) >= 11 is 5.85. The van der Waals surface area contributed by atoms with Gasteiger partial charge in [-0.2, -0.15) is 0 Å². The summed E-state index contributed by atoms with van der Waals surface area (Å²) in [6.07, 6.45) is 5.35. The Morgan fingerprint density at radius 1 is 1.22 bits per heavy atom. The Bertz CT molecular complexity index is 715. The van der Waals surface area contributed by atoms with Gasteiger partial charge in [0, 0.05) is 45.4 Å². The number of rotatable bonds is 6. The van der Waals surface area contributed by atoms with E-state index in [0.717, 1.165) is 24.0 Å². The number of carbonyl (C=O) groups is 1. The van der Waals surface area contributed by atoms with Crippen LogP contribution in [0, 0.1) is 0 Å². The quantitative estimate of drug-likeness (QED) is 0.868. The second-order valence-corrected chi connectivity index (χ2v) is 7.39. The standard InChI is InChI=1S/C16H16ClN3O2S/c17-13-3-1-12(2-4-13)16-18-7-11(8-19-16)9-23(22)10-15(21)20-14-5-6-14/h1-4,7-8,14H,5-6,9-10H2,(H,20,21)/t23-/m0/s1. The average Bonchev–Trinajstić information content (AvgIpc) is 3.32. The van der Waals surface area contributed by atoms with Crippen molar-refractivity contribution < 1.29 is 9.00 Å². The molecule has 1 atom stereocenters. The Balaban J connectivity index is 1.57. The normalized spacial score (nSPS) is 15.2. The van der Waals surface area contributed by atoms with Gasteiger partial charge in [-0.3, -0.25) is 9.00 Å². The first kappa shape index (κ1) is 16.1. The number of hydrogen-bond donors (Lipinski definition) is 1. The first-order chi connectivity index (χ1) is 11.1. The highest BCUT2D eigenvalue weighted by molar-refractivity contribution is 7.84. The maximum atomic E-state index is 12.0. The summed E-state index contributed by atoms with van der Waals surface area (Å²) in [6.45, 7) is 0. The molecule has 1 aliphatic rings. The summed E-state index contributed by atoms with van der Waals surface area (Å²) in [5.41, 5.74) is 1.62. The zero-order valence-corrected chi connectivity index (χ0v) is 13.9. The molecule has 1 aromatic carbocycles. The first-order valence-corrected chi connectivity index (χ1v) is 9.18. The summed E-state index contributed by atoms with van der Waals surface area (Å²) in [7, 11) is -1.25. The molecule has 0 spiro atoms. The maximum Gasteiger partial charge on any atom is 0.232 e. The zero-order valence-electron chi connectivity index (χ0n) is 12.4. The summed E-state index contributed by atoms with van der Waals surface area (Å²) in [6, 6.07) is 7.54. The number of nitrogens with one attached hydrogen (secondary N) is 1. The largest absolute Gasteiger partial charge is 0.353 e. The minimum Gasteiger partial charge on any atom is -0.353 e. The van der Waals surface area contributed by atoms with Crippen molar-refractivity contribution in [3.8, 4) is 11.4 Å². The van der Waals surface area contributed by atoms with Crippen LogP contribution < -0.4 is 5.32 Å². The fourth-order valence-corrected chi connectivity index (χ4v) is 3.18. The van der Waals surface area contributed by atoms with Crippen LogP contribution in [-0.2, 0) is 21.3 Å². The van der Waals surface area contributed by atoms with E-state index in [1.807, 2.05) is 12.1 Å². The Labute approximate surface area is 142 Å². The summed E-state index contributed by atoms with van der Waals surface area (Å²) < 4.78 is 12.0. The van der Waals surface area contributed by atoms with Gasteiger partial charge in [0.15, 0.2) is 5.82 Å². The van der Waals surface area contributed by atoms with Gasteiger partial charge in [-0.15, -0.1) is 0 Å². The molecule has 0 saturated heterocycles. The Morgan fingerprint density at radius 3 is 2.48 bits per heavy atom. The molecule has 3 rings (SSSR count). The van der Waals surface area contributed by atoms with E-state index in [4.69, 9.17) is 11.6 Å². The predicted molar refractivity (Wildman–Crippen MR) is 90.4 cm³/mol. The molecular formula is C16H16ClN3O2S. The van der Waals surface area contributed by atoms with Gasteiger partial charge >= 0.3 is 0 Å². The van der Waals surface area contributed by atoms with Crippen LogP contribution in [0.1, 0.15) is 18.4 Å². The van der Waals surface area contributed by atoms with Crippen molar-refractivity contribution in [1.82, 2.24) is 15.3 Å². The van der Waals surface area contributed by atoms with E-state index in [9.17, 15) is 9.00 Å². The van der Waals surface area contributed by atoms with Crippen LogP contribution in [0.25, 0.3) is 11.4 Å². The van der Waals surface area contributed by atoms with Crippen molar-refractivity contribution in [3.05, 3.63) is 47.2 Å². The second kappa shape index (κ2) is 7.19. The number of halogens is 1. The molecule has 0 unspecified atom stereocenters. The minimum absolute atomic E-state index is 0.0232. The number of aromatic nitrogens is 2. The van der Waals surface area contributed by atoms with Gasteiger partial charge < -0.3 is 5.32 Å². The lowest BCUT2D eigenvalue weighted by molar-refractivity contribution is -0.118. The van der Waals surface area contributed by atoms with Crippen LogP contribution in [0.5, 0.6) is 0 Å². The van der Waals surface area contributed by atoms with Gasteiger partial charge in [-0.25, -0.2) is 9.97 Å². The molecule has 0 aliphatic heterocycles. The number of hydrogen-bond acceptors (Lipinski definition) is 4. The van der Waals surface area contributed by atoms with E-state index in [1.165, 1.54) is 0 Å². The van der Waals surface area contributed by atoms with Crippen molar-refractivity contribution in [1.29, 1.82) is 0 Å². The third kappa shape index (κ3) is 4.84. The number of nitrogens with zero attached hydrogens (tertiary/aromatic N) is 2. The Kier molecular flexibility index (Phi) is 5.03. The maximum absolute atomic E-state index is 12.0. The lowest BCUT2D eigenvalue weighted by atomic mass is 10.2. The third-order valence-electron chi connectivity index (χ3n) is 3.37. The highest BCUT2D eigenvalue weighted by atomic mass is 35.5. The van der Waals surface area contributed by atoms with Crippen LogP contribution in [0.2, 0.25) is 5.02 Å². The highest BCUT2D eigenvalue weighted by Gasteiger charge is 2.23. The molecule has 0 radical (unpaired) electrons. The van der Waals surface area contributed by atoms with E-state index in [1.54, 1.807) is 24.5 Å². The van der Waals surface area contributed by atoms with Crippen LogP contribution in [0.15, 0.2) is 36.7 Å². The van der Waals surface area contributed by atoms with Gasteiger partial charge in [-0.1, -0.05) is 11.6 Å². The van der Waals surface area contributed by atoms with Crippen molar-refractivity contribution >= 4 is 28.3 Å². The second-order valence-electron chi connectivity index (χ2n) is 5.49. The van der Waals surface area contributed by atoms with E-state index >= 15 is 0 Å². The molecule has 1 N–H and O–H groups in total. The van der Waals surface area contributed by atoms with Crippen molar-refractivity contribution in [3.63, 3.8) is 0 Å². The molecule has 1 aromatic heterocycles. The van der Waals surface area contributed by atoms with Crippen LogP contribution in [0.4, 0.5) is 0 Å². The fraction of sp³-hybridized carbons (Fsp3) is 0.312. The van der Waals surface area contributed by atoms with Crippen LogP contribution in [-0.4, -0.2) is 31.9 Å². The highest BCUT2D eigenvalue weighted by Crippen LogP contribution is 2.19. The van der Waals surface area contributed by atoms with E-state index in [2.05, 4.69) is 15.3 Å². The predicted octanol–water partition coefficient (Wildman–Crippen LogP) is 2.32. The van der Waals surface area contributed by atoms with E-state index < -0.39 is 10.8 Å². The zero-order chi connectivity index (χ0) is 16.2. The molecule has 1 aliphatic carbocycles. The summed E-state index contributed by atoms with van der Waals surface area (Å²) in [4.78, 5) is 20.2. The first-order valence-electron chi connectivity index (χ1n) is 7.31.